The van der Waals surface area contributed by atoms with E-state index in [0.717, 1.165) is 44.9 Å². The number of ether oxygens (including phenoxy) is 2. The highest BCUT2D eigenvalue weighted by Gasteiger charge is 2.32. The van der Waals surface area contributed by atoms with Crippen molar-refractivity contribution in [2.75, 3.05) is 68.8 Å². The summed E-state index contributed by atoms with van der Waals surface area (Å²) in [5.41, 5.74) is 4.84. The third-order valence-corrected chi connectivity index (χ3v) is 9.49. The Morgan fingerprint density at radius 3 is 2.21 bits per heavy atom. The lowest BCUT2D eigenvalue weighted by Crippen LogP contribution is -2.47. The molecule has 0 spiro atoms. The quantitative estimate of drug-likeness (QED) is 0.316. The van der Waals surface area contributed by atoms with E-state index in [4.69, 9.17) is 9.47 Å². The van der Waals surface area contributed by atoms with Gasteiger partial charge in [-0.15, -0.1) is 0 Å². The lowest BCUT2D eigenvalue weighted by Gasteiger charge is -2.41. The summed E-state index contributed by atoms with van der Waals surface area (Å²) in [4.78, 5) is 19.5. The molecule has 0 radical (unpaired) electrons. The molecule has 0 unspecified atom stereocenters. The summed E-state index contributed by atoms with van der Waals surface area (Å²) in [6, 6.07) is 7.34. The zero-order valence-corrected chi connectivity index (χ0v) is 25.6. The summed E-state index contributed by atoms with van der Waals surface area (Å²) in [7, 11) is 0. The van der Waals surface area contributed by atoms with E-state index in [1.807, 2.05) is 6.92 Å². The van der Waals surface area contributed by atoms with Gasteiger partial charge in [-0.25, -0.2) is 4.79 Å². The van der Waals surface area contributed by atoms with Gasteiger partial charge < -0.3 is 19.3 Å². The second kappa shape index (κ2) is 14.2. The highest BCUT2D eigenvalue weighted by atomic mass is 16.6. The Balaban J connectivity index is 1.44. The predicted molar refractivity (Wildman–Crippen MR) is 162 cm³/mol. The van der Waals surface area contributed by atoms with Crippen LogP contribution in [0.1, 0.15) is 97.5 Å². The number of carbonyl (C=O) groups excluding carboxylic acids is 1. The molecule has 6 nitrogen and oxygen atoms in total. The van der Waals surface area contributed by atoms with Crippen LogP contribution in [0.25, 0.3) is 0 Å². The molecule has 3 fully saturated rings. The minimum atomic E-state index is -0.257. The topological polar surface area (TPSA) is 45.2 Å². The van der Waals surface area contributed by atoms with Crippen LogP contribution < -0.4 is 9.80 Å². The number of piperazine rings is 1. The van der Waals surface area contributed by atoms with Crippen molar-refractivity contribution in [3.05, 3.63) is 23.8 Å². The second-order valence-corrected chi connectivity index (χ2v) is 13.1. The summed E-state index contributed by atoms with van der Waals surface area (Å²) >= 11 is 0. The van der Waals surface area contributed by atoms with Crippen molar-refractivity contribution in [2.45, 2.75) is 98.0 Å². The number of nitrogens with zero attached hydrogens (tertiary/aromatic N) is 3. The fourth-order valence-electron chi connectivity index (χ4n) is 6.89. The van der Waals surface area contributed by atoms with E-state index < -0.39 is 0 Å². The van der Waals surface area contributed by atoms with E-state index in [1.165, 1.54) is 69.5 Å². The van der Waals surface area contributed by atoms with Crippen LogP contribution in [-0.4, -0.2) is 76.0 Å². The number of piperidine rings is 1. The first kappa shape index (κ1) is 30.2. The number of carbonyl (C=O) groups is 1. The van der Waals surface area contributed by atoms with Crippen LogP contribution in [0.2, 0.25) is 0 Å². The smallest absolute Gasteiger partial charge is 0.332 e. The maximum Gasteiger partial charge on any atom is 0.332 e. The fraction of sp³-hybridized carbons (Fsp3) is 0.788. The van der Waals surface area contributed by atoms with E-state index in [-0.39, 0.29) is 18.7 Å². The van der Waals surface area contributed by atoms with Crippen molar-refractivity contribution < 1.29 is 14.3 Å². The van der Waals surface area contributed by atoms with E-state index in [1.54, 1.807) is 5.56 Å². The van der Waals surface area contributed by atoms with Crippen molar-refractivity contribution in [1.82, 2.24) is 4.90 Å². The zero-order valence-electron chi connectivity index (χ0n) is 25.6. The van der Waals surface area contributed by atoms with Gasteiger partial charge in [0.15, 0.2) is 0 Å². The average molecular weight is 542 g/mol. The molecule has 4 rings (SSSR count). The van der Waals surface area contributed by atoms with Gasteiger partial charge in [-0.2, -0.15) is 0 Å². The predicted octanol–water partition coefficient (Wildman–Crippen LogP) is 6.48. The average Bonchev–Trinajstić information content (AvgIpc) is 2.95. The van der Waals surface area contributed by atoms with E-state index in [0.29, 0.717) is 17.9 Å². The number of anilines is 2. The molecule has 220 valence electrons. The van der Waals surface area contributed by atoms with Crippen molar-refractivity contribution in [2.24, 2.45) is 11.3 Å². The number of benzene rings is 1. The Kier molecular flexibility index (Phi) is 11.0. The highest BCUT2D eigenvalue weighted by molar-refractivity contribution is 5.70. The minimum Gasteiger partial charge on any atom is -0.464 e. The minimum absolute atomic E-state index is 0.0697. The number of unbranched alkanes of at least 4 members (excludes halogenated alkanes) is 1. The van der Waals surface area contributed by atoms with Gasteiger partial charge in [0, 0.05) is 50.6 Å². The monoisotopic (exact) mass is 541 g/mol. The van der Waals surface area contributed by atoms with E-state index in [2.05, 4.69) is 60.6 Å². The van der Waals surface area contributed by atoms with E-state index >= 15 is 0 Å². The van der Waals surface area contributed by atoms with Gasteiger partial charge in [0.05, 0.1) is 12.7 Å². The number of hydrogen-bond acceptors (Lipinski definition) is 6. The SMILES string of the molecule is CCCCN1CCN(c2ccc(N3CCC(OCC(=O)OCC)CC3)cc2C2CCC(C(C)(C)C)CC2)CC1. The van der Waals surface area contributed by atoms with Crippen LogP contribution in [0.4, 0.5) is 11.4 Å². The molecule has 2 heterocycles. The van der Waals surface area contributed by atoms with Gasteiger partial charge >= 0.3 is 5.97 Å². The Bertz CT molecular complexity index is 890. The third-order valence-electron chi connectivity index (χ3n) is 9.49. The Labute approximate surface area is 238 Å². The molecule has 3 aliphatic rings. The van der Waals surface area contributed by atoms with Crippen LogP contribution in [0.5, 0.6) is 0 Å². The van der Waals surface area contributed by atoms with Crippen LogP contribution in [0.3, 0.4) is 0 Å². The first-order valence-corrected chi connectivity index (χ1v) is 15.9. The van der Waals surface area contributed by atoms with Crippen molar-refractivity contribution in [3.63, 3.8) is 0 Å². The van der Waals surface area contributed by atoms with Crippen LogP contribution >= 0.6 is 0 Å². The molecule has 39 heavy (non-hydrogen) atoms. The van der Waals surface area contributed by atoms with E-state index in [9.17, 15) is 4.79 Å². The molecule has 6 heteroatoms. The standard InChI is InChI=1S/C33H55N3O3/c1-6-8-17-34-20-22-36(23-21-34)31-14-13-28(24-30(31)26-9-11-27(12-10-26)33(3,4)5)35-18-15-29(16-19-35)39-25-32(37)38-7-2/h13-14,24,26-27,29H,6-12,15-23,25H2,1-5H3. The Hall–Kier alpha value is -1.79. The molecule has 0 bridgehead atoms. The lowest BCUT2D eigenvalue weighted by molar-refractivity contribution is -0.150. The van der Waals surface area contributed by atoms with Crippen LogP contribution in [-0.2, 0) is 14.3 Å². The highest BCUT2D eigenvalue weighted by Crippen LogP contribution is 2.46. The molecular formula is C33H55N3O3. The summed E-state index contributed by atoms with van der Waals surface area (Å²) in [5, 5.41) is 0. The summed E-state index contributed by atoms with van der Waals surface area (Å²) < 4.78 is 10.9. The molecule has 0 atom stereocenters. The summed E-state index contributed by atoms with van der Waals surface area (Å²) in [6.45, 7) is 19.7. The number of rotatable bonds is 10. The molecule has 2 saturated heterocycles. The van der Waals surface area contributed by atoms with Crippen molar-refractivity contribution >= 4 is 17.3 Å². The molecule has 1 aromatic carbocycles. The molecular weight excluding hydrogens is 486 g/mol. The van der Waals surface area contributed by atoms with Gasteiger partial charge in [-0.1, -0.05) is 34.1 Å². The molecule has 1 aliphatic carbocycles. The maximum atomic E-state index is 11.7. The number of esters is 1. The van der Waals surface area contributed by atoms with Crippen LogP contribution in [0, 0.1) is 11.3 Å². The first-order chi connectivity index (χ1) is 18.8. The van der Waals surface area contributed by atoms with Crippen molar-refractivity contribution in [3.8, 4) is 0 Å². The normalized spacial score (nSPS) is 23.7. The molecule has 1 saturated carbocycles. The Morgan fingerprint density at radius 1 is 0.897 bits per heavy atom. The van der Waals surface area contributed by atoms with Gasteiger partial charge in [-0.3, -0.25) is 4.90 Å². The van der Waals surface area contributed by atoms with Gasteiger partial charge in [0.2, 0.25) is 0 Å². The molecule has 0 N–H and O–H groups in total. The third kappa shape index (κ3) is 8.36. The maximum absolute atomic E-state index is 11.7. The largest absolute Gasteiger partial charge is 0.464 e. The summed E-state index contributed by atoms with van der Waals surface area (Å²) in [5.74, 6) is 1.23. The lowest BCUT2D eigenvalue weighted by atomic mass is 9.68. The molecule has 0 aromatic heterocycles. The molecule has 2 aliphatic heterocycles. The van der Waals surface area contributed by atoms with Gasteiger partial charge in [0.1, 0.15) is 6.61 Å². The van der Waals surface area contributed by atoms with Gasteiger partial charge in [-0.05, 0) is 99.4 Å². The first-order valence-electron chi connectivity index (χ1n) is 15.9. The van der Waals surface area contributed by atoms with Crippen LogP contribution in [0.15, 0.2) is 18.2 Å². The fourth-order valence-corrected chi connectivity index (χ4v) is 6.89. The van der Waals surface area contributed by atoms with Gasteiger partial charge in [0.25, 0.3) is 0 Å². The zero-order chi connectivity index (χ0) is 27.8. The Morgan fingerprint density at radius 2 is 1.59 bits per heavy atom. The summed E-state index contributed by atoms with van der Waals surface area (Å²) in [6.07, 6.45) is 9.91. The molecule has 0 amide bonds. The second-order valence-electron chi connectivity index (χ2n) is 13.1. The van der Waals surface area contributed by atoms with Crippen molar-refractivity contribution in [1.29, 1.82) is 0 Å². The number of hydrogen-bond donors (Lipinski definition) is 0. The molecule has 1 aromatic rings.